The second kappa shape index (κ2) is 8.24. The molecule has 0 spiro atoms. The van der Waals surface area contributed by atoms with Gasteiger partial charge >= 0.3 is 0 Å². The number of rotatable bonds is 5. The summed E-state index contributed by atoms with van der Waals surface area (Å²) in [6, 6.07) is 11.2. The van der Waals surface area contributed by atoms with Crippen LogP contribution in [-0.4, -0.2) is 71.8 Å². The van der Waals surface area contributed by atoms with Crippen molar-refractivity contribution in [3.05, 3.63) is 76.9 Å². The zero-order valence-corrected chi connectivity index (χ0v) is 17.9. The normalized spacial score (nSPS) is 17.9. The molecule has 2 aromatic carbocycles. The fourth-order valence-corrected chi connectivity index (χ4v) is 4.61. The number of ether oxygens (including phenoxy) is 1. The standard InChI is InChI=1S/C25H25N3O4/c1-2-8-28-24(30)20-5-4-19(15-21(20)25(28)31)23(29)27-11-9-26(10-12-27)16-17-3-6-22-18(14-17)7-13-32-22/h2-6,14-15H,1,7-13,16H2. The highest BCUT2D eigenvalue weighted by molar-refractivity contribution is 6.22. The number of nitrogens with zero attached hydrogens (tertiary/aromatic N) is 3. The van der Waals surface area contributed by atoms with Crippen LogP contribution in [0.4, 0.5) is 0 Å². The van der Waals surface area contributed by atoms with E-state index in [-0.39, 0.29) is 24.3 Å². The number of hydrogen-bond donors (Lipinski definition) is 0. The number of piperazine rings is 1. The molecule has 0 atom stereocenters. The molecule has 3 aliphatic rings. The van der Waals surface area contributed by atoms with Crippen LogP contribution < -0.4 is 4.74 Å². The van der Waals surface area contributed by atoms with Gasteiger partial charge in [0.25, 0.3) is 17.7 Å². The van der Waals surface area contributed by atoms with Crippen LogP contribution in [-0.2, 0) is 13.0 Å². The Kier molecular flexibility index (Phi) is 5.27. The van der Waals surface area contributed by atoms with Crippen LogP contribution in [0.3, 0.4) is 0 Å². The lowest BCUT2D eigenvalue weighted by atomic mass is 10.0. The first-order valence-corrected chi connectivity index (χ1v) is 10.9. The zero-order valence-electron chi connectivity index (χ0n) is 17.9. The third kappa shape index (κ3) is 3.58. The van der Waals surface area contributed by atoms with Gasteiger partial charge in [-0.1, -0.05) is 18.2 Å². The van der Waals surface area contributed by atoms with E-state index in [1.165, 1.54) is 17.2 Å². The van der Waals surface area contributed by atoms with E-state index in [2.05, 4.69) is 23.6 Å². The van der Waals surface area contributed by atoms with Gasteiger partial charge in [0.1, 0.15) is 5.75 Å². The third-order valence-electron chi connectivity index (χ3n) is 6.35. The van der Waals surface area contributed by atoms with E-state index in [1.54, 1.807) is 18.2 Å². The first kappa shape index (κ1) is 20.5. The quantitative estimate of drug-likeness (QED) is 0.537. The molecular formula is C25H25N3O4. The summed E-state index contributed by atoms with van der Waals surface area (Å²) in [5.74, 6) is 0.176. The lowest BCUT2D eigenvalue weighted by Gasteiger charge is -2.35. The van der Waals surface area contributed by atoms with Gasteiger partial charge in [0.2, 0.25) is 0 Å². The summed E-state index contributed by atoms with van der Waals surface area (Å²) in [6.07, 6.45) is 2.48. The maximum atomic E-state index is 13.1. The lowest BCUT2D eigenvalue weighted by molar-refractivity contribution is 0.0627. The second-order valence-corrected chi connectivity index (χ2v) is 8.38. The number of carbonyl (C=O) groups excluding carboxylic acids is 3. The third-order valence-corrected chi connectivity index (χ3v) is 6.35. The summed E-state index contributed by atoms with van der Waals surface area (Å²) in [4.78, 5) is 43.3. The molecule has 164 valence electrons. The molecule has 0 saturated carbocycles. The predicted octanol–water partition coefficient (Wildman–Crippen LogP) is 2.36. The van der Waals surface area contributed by atoms with Gasteiger partial charge in [-0.3, -0.25) is 24.2 Å². The van der Waals surface area contributed by atoms with Crippen molar-refractivity contribution < 1.29 is 19.1 Å². The first-order chi connectivity index (χ1) is 15.5. The molecular weight excluding hydrogens is 406 g/mol. The average Bonchev–Trinajstić information content (AvgIpc) is 3.37. The van der Waals surface area contributed by atoms with Crippen molar-refractivity contribution in [3.8, 4) is 5.75 Å². The molecule has 7 heteroatoms. The number of benzene rings is 2. The molecule has 0 unspecified atom stereocenters. The van der Waals surface area contributed by atoms with Crippen molar-refractivity contribution in [1.29, 1.82) is 0 Å². The Hall–Kier alpha value is -3.45. The maximum Gasteiger partial charge on any atom is 0.261 e. The molecule has 1 fully saturated rings. The topological polar surface area (TPSA) is 70.2 Å². The Balaban J connectivity index is 1.22. The molecule has 3 aliphatic heterocycles. The van der Waals surface area contributed by atoms with Crippen molar-refractivity contribution in [1.82, 2.24) is 14.7 Å². The van der Waals surface area contributed by atoms with E-state index < -0.39 is 0 Å². The van der Waals surface area contributed by atoms with Gasteiger partial charge in [-0.05, 0) is 35.4 Å². The minimum absolute atomic E-state index is 0.107. The van der Waals surface area contributed by atoms with Gasteiger partial charge in [0, 0.05) is 51.3 Å². The minimum Gasteiger partial charge on any atom is -0.493 e. The minimum atomic E-state index is -0.371. The number of fused-ring (bicyclic) bond motifs is 2. The summed E-state index contributed by atoms with van der Waals surface area (Å²) < 4.78 is 5.58. The number of amides is 3. The van der Waals surface area contributed by atoms with Crippen LogP contribution in [0.5, 0.6) is 5.75 Å². The van der Waals surface area contributed by atoms with Gasteiger partial charge in [0.15, 0.2) is 0 Å². The maximum absolute atomic E-state index is 13.1. The molecule has 3 heterocycles. The SMILES string of the molecule is C=CCN1C(=O)c2ccc(C(=O)N3CCN(Cc4ccc5c(c4)CCO5)CC3)cc2C1=O. The van der Waals surface area contributed by atoms with Crippen molar-refractivity contribution in [3.63, 3.8) is 0 Å². The van der Waals surface area contributed by atoms with E-state index >= 15 is 0 Å². The summed E-state index contributed by atoms with van der Waals surface area (Å²) >= 11 is 0. The van der Waals surface area contributed by atoms with Crippen LogP contribution in [0.2, 0.25) is 0 Å². The first-order valence-electron chi connectivity index (χ1n) is 10.9. The molecule has 0 aromatic heterocycles. The molecule has 3 amide bonds. The predicted molar refractivity (Wildman–Crippen MR) is 119 cm³/mol. The van der Waals surface area contributed by atoms with E-state index in [0.29, 0.717) is 29.8 Å². The summed E-state index contributed by atoms with van der Waals surface area (Å²) in [5, 5.41) is 0. The summed E-state index contributed by atoms with van der Waals surface area (Å²) in [6.45, 7) is 8.19. The van der Waals surface area contributed by atoms with Gasteiger partial charge < -0.3 is 9.64 Å². The smallest absolute Gasteiger partial charge is 0.261 e. The Labute approximate surface area is 186 Å². The van der Waals surface area contributed by atoms with E-state index in [1.807, 2.05) is 11.0 Å². The van der Waals surface area contributed by atoms with Crippen LogP contribution in [0.1, 0.15) is 42.2 Å². The Bertz CT molecular complexity index is 1120. The highest BCUT2D eigenvalue weighted by atomic mass is 16.5. The fourth-order valence-electron chi connectivity index (χ4n) is 4.61. The zero-order chi connectivity index (χ0) is 22.2. The van der Waals surface area contributed by atoms with E-state index in [0.717, 1.165) is 43.3 Å². The highest BCUT2D eigenvalue weighted by Gasteiger charge is 2.35. The Morgan fingerprint density at radius 2 is 1.78 bits per heavy atom. The number of imide groups is 1. The monoisotopic (exact) mass is 431 g/mol. The Morgan fingerprint density at radius 3 is 2.56 bits per heavy atom. The van der Waals surface area contributed by atoms with Crippen LogP contribution >= 0.6 is 0 Å². The molecule has 0 N–H and O–H groups in total. The van der Waals surface area contributed by atoms with Gasteiger partial charge in [0.05, 0.1) is 17.7 Å². The molecule has 32 heavy (non-hydrogen) atoms. The highest BCUT2D eigenvalue weighted by Crippen LogP contribution is 2.27. The molecule has 0 aliphatic carbocycles. The Morgan fingerprint density at radius 1 is 1.00 bits per heavy atom. The summed E-state index contributed by atoms with van der Waals surface area (Å²) in [5.41, 5.74) is 3.62. The molecule has 5 rings (SSSR count). The fraction of sp³-hybridized carbons (Fsp3) is 0.320. The lowest BCUT2D eigenvalue weighted by Crippen LogP contribution is -2.48. The van der Waals surface area contributed by atoms with Crippen molar-refractivity contribution in [2.24, 2.45) is 0 Å². The van der Waals surface area contributed by atoms with Crippen LogP contribution in [0.25, 0.3) is 0 Å². The number of hydrogen-bond acceptors (Lipinski definition) is 5. The van der Waals surface area contributed by atoms with Crippen molar-refractivity contribution in [2.75, 3.05) is 39.3 Å². The second-order valence-electron chi connectivity index (χ2n) is 8.38. The van der Waals surface area contributed by atoms with Crippen molar-refractivity contribution in [2.45, 2.75) is 13.0 Å². The van der Waals surface area contributed by atoms with Gasteiger partial charge in [-0.15, -0.1) is 6.58 Å². The molecule has 2 aromatic rings. The largest absolute Gasteiger partial charge is 0.493 e. The van der Waals surface area contributed by atoms with Crippen molar-refractivity contribution >= 4 is 17.7 Å². The molecule has 7 nitrogen and oxygen atoms in total. The van der Waals surface area contributed by atoms with Gasteiger partial charge in [-0.2, -0.15) is 0 Å². The molecule has 0 radical (unpaired) electrons. The molecule has 0 bridgehead atoms. The number of carbonyl (C=O) groups is 3. The van der Waals surface area contributed by atoms with Gasteiger partial charge in [-0.25, -0.2) is 0 Å². The van der Waals surface area contributed by atoms with E-state index in [9.17, 15) is 14.4 Å². The average molecular weight is 431 g/mol. The van der Waals surface area contributed by atoms with Crippen LogP contribution in [0.15, 0.2) is 49.1 Å². The molecule has 1 saturated heterocycles. The van der Waals surface area contributed by atoms with Crippen LogP contribution in [0, 0.1) is 0 Å². The summed E-state index contributed by atoms with van der Waals surface area (Å²) in [7, 11) is 0. The van der Waals surface area contributed by atoms with E-state index in [4.69, 9.17) is 4.74 Å².